The van der Waals surface area contributed by atoms with Crippen molar-refractivity contribution in [1.29, 1.82) is 0 Å². The summed E-state index contributed by atoms with van der Waals surface area (Å²) in [5.41, 5.74) is 1.37. The van der Waals surface area contributed by atoms with Crippen LogP contribution in [-0.2, 0) is 6.42 Å². The molecule has 1 aromatic heterocycles. The summed E-state index contributed by atoms with van der Waals surface area (Å²) in [6, 6.07) is 2.21. The van der Waals surface area contributed by atoms with Gasteiger partial charge in [0.15, 0.2) is 0 Å². The van der Waals surface area contributed by atoms with Gasteiger partial charge < -0.3 is 5.32 Å². The van der Waals surface area contributed by atoms with Crippen LogP contribution < -0.4 is 5.32 Å². The van der Waals surface area contributed by atoms with E-state index in [-0.39, 0.29) is 0 Å². The van der Waals surface area contributed by atoms with Gasteiger partial charge in [-0.2, -0.15) is 0 Å². The first-order valence-corrected chi connectivity index (χ1v) is 7.72. The van der Waals surface area contributed by atoms with E-state index in [1.54, 1.807) is 0 Å². The van der Waals surface area contributed by atoms with E-state index in [1.165, 1.54) is 31.2 Å². The molecule has 1 saturated carbocycles. The van der Waals surface area contributed by atoms with Gasteiger partial charge in [0.25, 0.3) is 0 Å². The maximum absolute atomic E-state index is 4.28. The Hall–Kier alpha value is -0.410. The van der Waals surface area contributed by atoms with Gasteiger partial charge in [0, 0.05) is 16.9 Å². The standard InChI is InChI=1S/C15H23BrN2/c1-11-3-4-13(9-17-2)14(5-11)6-12-7-15(16)10-18-8-12/h7-8,10-11,13-14,17H,3-6,9H2,1-2H3. The third kappa shape index (κ3) is 3.79. The van der Waals surface area contributed by atoms with Gasteiger partial charge in [0.05, 0.1) is 0 Å². The molecule has 0 amide bonds. The molecule has 3 atom stereocenters. The van der Waals surface area contributed by atoms with Crippen LogP contribution in [0.1, 0.15) is 31.7 Å². The number of nitrogens with zero attached hydrogens (tertiary/aromatic N) is 1. The van der Waals surface area contributed by atoms with E-state index >= 15 is 0 Å². The van der Waals surface area contributed by atoms with E-state index in [9.17, 15) is 0 Å². The topological polar surface area (TPSA) is 24.9 Å². The summed E-state index contributed by atoms with van der Waals surface area (Å²) in [4.78, 5) is 4.28. The lowest BCUT2D eigenvalue weighted by atomic mass is 9.72. The van der Waals surface area contributed by atoms with Gasteiger partial charge in [-0.1, -0.05) is 13.3 Å². The van der Waals surface area contributed by atoms with E-state index < -0.39 is 0 Å². The predicted molar refractivity (Wildman–Crippen MR) is 79.6 cm³/mol. The van der Waals surface area contributed by atoms with E-state index in [2.05, 4.69) is 46.3 Å². The molecule has 1 aromatic rings. The molecule has 0 radical (unpaired) electrons. The fourth-order valence-corrected chi connectivity index (χ4v) is 3.62. The van der Waals surface area contributed by atoms with Crippen molar-refractivity contribution >= 4 is 15.9 Å². The zero-order valence-corrected chi connectivity index (χ0v) is 12.9. The van der Waals surface area contributed by atoms with E-state index in [4.69, 9.17) is 0 Å². The number of hydrogen-bond donors (Lipinski definition) is 1. The Morgan fingerprint density at radius 3 is 2.89 bits per heavy atom. The maximum atomic E-state index is 4.28. The molecule has 100 valence electrons. The third-order valence-electron chi connectivity index (χ3n) is 4.13. The number of hydrogen-bond acceptors (Lipinski definition) is 2. The van der Waals surface area contributed by atoms with E-state index in [1.807, 2.05) is 12.4 Å². The number of halogens is 1. The lowest BCUT2D eigenvalue weighted by molar-refractivity contribution is 0.186. The lowest BCUT2D eigenvalue weighted by Gasteiger charge is -2.35. The van der Waals surface area contributed by atoms with Crippen molar-refractivity contribution < 1.29 is 0 Å². The molecule has 1 aliphatic rings. The lowest BCUT2D eigenvalue weighted by Crippen LogP contribution is -2.32. The van der Waals surface area contributed by atoms with Crippen LogP contribution in [0.4, 0.5) is 0 Å². The second-order valence-corrected chi connectivity index (χ2v) is 6.63. The van der Waals surface area contributed by atoms with Crippen LogP contribution in [0.15, 0.2) is 22.9 Å². The van der Waals surface area contributed by atoms with Crippen molar-refractivity contribution in [2.45, 2.75) is 32.6 Å². The van der Waals surface area contributed by atoms with Crippen molar-refractivity contribution in [3.8, 4) is 0 Å². The van der Waals surface area contributed by atoms with Crippen molar-refractivity contribution in [3.63, 3.8) is 0 Å². The highest BCUT2D eigenvalue weighted by molar-refractivity contribution is 9.10. The molecule has 18 heavy (non-hydrogen) atoms. The molecule has 0 bridgehead atoms. The van der Waals surface area contributed by atoms with Crippen LogP contribution in [0.3, 0.4) is 0 Å². The largest absolute Gasteiger partial charge is 0.319 e. The molecule has 1 N–H and O–H groups in total. The Morgan fingerprint density at radius 2 is 2.17 bits per heavy atom. The van der Waals surface area contributed by atoms with Crippen LogP contribution >= 0.6 is 15.9 Å². The summed E-state index contributed by atoms with van der Waals surface area (Å²) in [5.74, 6) is 2.51. The van der Waals surface area contributed by atoms with Crippen LogP contribution in [-0.4, -0.2) is 18.6 Å². The molecule has 2 nitrogen and oxygen atoms in total. The van der Waals surface area contributed by atoms with Gasteiger partial charge in [-0.25, -0.2) is 0 Å². The predicted octanol–water partition coefficient (Wildman–Crippen LogP) is 3.66. The Balaban J connectivity index is 2.03. The highest BCUT2D eigenvalue weighted by Gasteiger charge is 2.28. The molecule has 3 heteroatoms. The zero-order chi connectivity index (χ0) is 13.0. The maximum Gasteiger partial charge on any atom is 0.0410 e. The quantitative estimate of drug-likeness (QED) is 0.918. The monoisotopic (exact) mass is 310 g/mol. The average molecular weight is 311 g/mol. The molecule has 0 aliphatic heterocycles. The molecular formula is C15H23BrN2. The SMILES string of the molecule is CNCC1CCC(C)CC1Cc1cncc(Br)c1. The van der Waals surface area contributed by atoms with Crippen LogP contribution in [0.5, 0.6) is 0 Å². The van der Waals surface area contributed by atoms with E-state index in [0.717, 1.165) is 28.8 Å². The molecule has 1 fully saturated rings. The second kappa shape index (κ2) is 6.67. The van der Waals surface area contributed by atoms with Gasteiger partial charge in [-0.05, 0) is 78.2 Å². The smallest absolute Gasteiger partial charge is 0.0410 e. The summed E-state index contributed by atoms with van der Waals surface area (Å²) in [6.07, 6.45) is 9.16. The first kappa shape index (κ1) is 14.0. The Kier molecular flexibility index (Phi) is 5.19. The summed E-state index contributed by atoms with van der Waals surface area (Å²) < 4.78 is 1.09. The van der Waals surface area contributed by atoms with Crippen molar-refractivity contribution in [1.82, 2.24) is 10.3 Å². The average Bonchev–Trinajstić information content (AvgIpc) is 2.33. The Bertz CT molecular complexity index is 381. The minimum Gasteiger partial charge on any atom is -0.319 e. The molecule has 0 aromatic carbocycles. The number of aromatic nitrogens is 1. The molecule has 0 saturated heterocycles. The summed E-state index contributed by atoms with van der Waals surface area (Å²) in [7, 11) is 2.07. The van der Waals surface area contributed by atoms with Crippen LogP contribution in [0, 0.1) is 17.8 Å². The Labute approximate surface area is 119 Å². The van der Waals surface area contributed by atoms with Gasteiger partial charge in [0.1, 0.15) is 0 Å². The molecule has 0 spiro atoms. The fraction of sp³-hybridized carbons (Fsp3) is 0.667. The second-order valence-electron chi connectivity index (χ2n) is 5.71. The normalized spacial score (nSPS) is 28.3. The zero-order valence-electron chi connectivity index (χ0n) is 11.3. The number of pyridine rings is 1. The molecular weight excluding hydrogens is 288 g/mol. The molecule has 2 rings (SSSR count). The third-order valence-corrected chi connectivity index (χ3v) is 4.56. The minimum atomic E-state index is 0.803. The van der Waals surface area contributed by atoms with Gasteiger partial charge in [-0.3, -0.25) is 4.98 Å². The van der Waals surface area contributed by atoms with Gasteiger partial charge in [-0.15, -0.1) is 0 Å². The van der Waals surface area contributed by atoms with Crippen LogP contribution in [0.2, 0.25) is 0 Å². The highest BCUT2D eigenvalue weighted by atomic mass is 79.9. The molecule has 3 unspecified atom stereocenters. The van der Waals surface area contributed by atoms with Gasteiger partial charge in [0.2, 0.25) is 0 Å². The van der Waals surface area contributed by atoms with Gasteiger partial charge >= 0.3 is 0 Å². The van der Waals surface area contributed by atoms with Crippen molar-refractivity contribution in [3.05, 3.63) is 28.5 Å². The summed E-state index contributed by atoms with van der Waals surface area (Å²) in [6.45, 7) is 3.54. The fourth-order valence-electron chi connectivity index (χ4n) is 3.21. The first-order valence-electron chi connectivity index (χ1n) is 6.93. The number of nitrogens with one attached hydrogen (secondary N) is 1. The van der Waals surface area contributed by atoms with E-state index in [0.29, 0.717) is 0 Å². The van der Waals surface area contributed by atoms with Crippen molar-refractivity contribution in [2.75, 3.05) is 13.6 Å². The Morgan fingerprint density at radius 1 is 1.33 bits per heavy atom. The first-order chi connectivity index (χ1) is 8.69. The summed E-state index contributed by atoms with van der Waals surface area (Å²) >= 11 is 3.51. The highest BCUT2D eigenvalue weighted by Crippen LogP contribution is 2.35. The summed E-state index contributed by atoms with van der Waals surface area (Å²) in [5, 5.41) is 3.35. The number of rotatable bonds is 4. The van der Waals surface area contributed by atoms with Crippen LogP contribution in [0.25, 0.3) is 0 Å². The molecule has 1 aliphatic carbocycles. The molecule has 1 heterocycles. The minimum absolute atomic E-state index is 0.803. The van der Waals surface area contributed by atoms with Crippen molar-refractivity contribution in [2.24, 2.45) is 17.8 Å².